The normalized spacial score (nSPS) is 13.5. The molecule has 0 unspecified atom stereocenters. The molecule has 0 saturated carbocycles. The van der Waals surface area contributed by atoms with E-state index in [-0.39, 0.29) is 0 Å². The van der Waals surface area contributed by atoms with E-state index in [0.717, 1.165) is 123 Å². The second-order valence-corrected chi connectivity index (χ2v) is 25.5. The van der Waals surface area contributed by atoms with E-state index >= 15 is 0 Å². The van der Waals surface area contributed by atoms with Crippen LogP contribution in [0.2, 0.25) is 0 Å². The van der Waals surface area contributed by atoms with Crippen molar-refractivity contribution in [2.75, 3.05) is 4.90 Å². The van der Waals surface area contributed by atoms with Crippen LogP contribution in [0.4, 0.5) is 17.1 Å². The van der Waals surface area contributed by atoms with Crippen molar-refractivity contribution in [3.8, 4) is 45.6 Å². The first-order chi connectivity index (χ1) is 45.7. The first kappa shape index (κ1) is 50.0. The smallest absolute Gasteiger partial charge is 0.134 e. The van der Waals surface area contributed by atoms with Crippen LogP contribution in [-0.4, -0.2) is 28.2 Å². The van der Waals surface area contributed by atoms with Crippen LogP contribution in [-0.2, 0) is 5.41 Å². The summed E-state index contributed by atoms with van der Waals surface area (Å²) in [6.45, 7) is 0. The molecule has 92 heavy (non-hydrogen) atoms. The number of anilines is 3. The molecule has 18 aromatic rings. The van der Waals surface area contributed by atoms with Gasteiger partial charge in [-0.2, -0.15) is 0 Å². The van der Waals surface area contributed by atoms with Crippen LogP contribution >= 0.6 is 11.8 Å². The SMILES string of the molecule is c1ccc2c(c1)Sc1ccccc1N2c1ccc2c(c1)c1ccccc1n2-c1ccc2c(c1)Oc1cccc(-n3c4ccccc4c4ccccc43)c1C21c2cc(-n3c4ccccc4c4ccccc43)cnc2-c2ncc(-n3c4ccccc4c4ccccc43)cc21. The minimum atomic E-state index is -1.09. The number of nitrogens with zero attached hydrogens (tertiary/aromatic N) is 7. The maximum Gasteiger partial charge on any atom is 0.134 e. The molecule has 0 atom stereocenters. The second-order valence-electron chi connectivity index (χ2n) is 24.4. The quantitative estimate of drug-likeness (QED) is 0.172. The number of hydrogen-bond acceptors (Lipinski definition) is 5. The number of ether oxygens (including phenoxy) is 1. The third kappa shape index (κ3) is 6.60. The molecule has 0 saturated heterocycles. The van der Waals surface area contributed by atoms with Crippen molar-refractivity contribution in [3.63, 3.8) is 0 Å². The van der Waals surface area contributed by atoms with Crippen molar-refractivity contribution in [1.82, 2.24) is 28.2 Å². The summed E-state index contributed by atoms with van der Waals surface area (Å²) >= 11 is 1.83. The Morgan fingerprint density at radius 2 is 0.674 bits per heavy atom. The van der Waals surface area contributed by atoms with Gasteiger partial charge in [-0.15, -0.1) is 0 Å². The van der Waals surface area contributed by atoms with Gasteiger partial charge in [-0.3, -0.25) is 9.97 Å². The number of fused-ring (bicyclic) bond motifs is 23. The number of benzene rings is 12. The fraction of sp³-hybridized carbons (Fsp3) is 0.0120. The van der Waals surface area contributed by atoms with Crippen molar-refractivity contribution >= 4 is 116 Å². The molecule has 2 aliphatic heterocycles. The highest BCUT2D eigenvalue weighted by atomic mass is 32.2. The number of hydrogen-bond donors (Lipinski definition) is 0. The van der Waals surface area contributed by atoms with Crippen molar-refractivity contribution < 1.29 is 4.74 Å². The van der Waals surface area contributed by atoms with Gasteiger partial charge in [0.15, 0.2) is 0 Å². The molecule has 3 aliphatic rings. The van der Waals surface area contributed by atoms with E-state index < -0.39 is 5.41 Å². The predicted octanol–water partition coefficient (Wildman–Crippen LogP) is 21.3. The second kappa shape index (κ2) is 18.6. The first-order valence-corrected chi connectivity index (χ1v) is 32.1. The summed E-state index contributed by atoms with van der Waals surface area (Å²) in [5.74, 6) is 1.50. The van der Waals surface area contributed by atoms with Crippen LogP contribution in [0.1, 0.15) is 22.3 Å². The summed E-state index contributed by atoms with van der Waals surface area (Å²) in [6.07, 6.45) is 4.11. The molecule has 9 heteroatoms. The summed E-state index contributed by atoms with van der Waals surface area (Å²) in [7, 11) is 0. The first-order valence-electron chi connectivity index (χ1n) is 31.3. The molecule has 0 radical (unpaired) electrons. The Kier molecular flexibility index (Phi) is 10.1. The number of aromatic nitrogens is 6. The van der Waals surface area contributed by atoms with E-state index in [1.54, 1.807) is 0 Å². The van der Waals surface area contributed by atoms with E-state index in [0.29, 0.717) is 0 Å². The number of rotatable bonds is 5. The van der Waals surface area contributed by atoms with Crippen LogP contribution in [0.15, 0.2) is 307 Å². The van der Waals surface area contributed by atoms with Crippen LogP contribution in [0.25, 0.3) is 121 Å². The van der Waals surface area contributed by atoms with Gasteiger partial charge in [-0.25, -0.2) is 0 Å². The van der Waals surface area contributed by atoms with Gasteiger partial charge < -0.3 is 27.9 Å². The van der Waals surface area contributed by atoms with E-state index in [9.17, 15) is 0 Å². The summed E-state index contributed by atoms with van der Waals surface area (Å²) < 4.78 is 17.4. The molecule has 1 aliphatic carbocycles. The maximum atomic E-state index is 7.73. The Bertz CT molecular complexity index is 5890. The van der Waals surface area contributed by atoms with E-state index in [2.05, 4.69) is 321 Å². The molecule has 8 nitrogen and oxygen atoms in total. The highest BCUT2D eigenvalue weighted by Gasteiger charge is 2.55. The van der Waals surface area contributed by atoms with Crippen molar-refractivity contribution in [2.24, 2.45) is 0 Å². The lowest BCUT2D eigenvalue weighted by Crippen LogP contribution is -2.34. The minimum Gasteiger partial charge on any atom is -0.457 e. The zero-order chi connectivity index (χ0) is 59.9. The van der Waals surface area contributed by atoms with Gasteiger partial charge in [-0.05, 0) is 115 Å². The summed E-state index contributed by atoms with van der Waals surface area (Å²) in [5.41, 5.74) is 20.8. The van der Waals surface area contributed by atoms with Gasteiger partial charge in [0.1, 0.15) is 11.5 Å². The third-order valence-electron chi connectivity index (χ3n) is 19.8. The summed E-state index contributed by atoms with van der Waals surface area (Å²) in [4.78, 5) is 16.3. The number of pyridine rings is 2. The fourth-order valence-electron chi connectivity index (χ4n) is 16.2. The summed E-state index contributed by atoms with van der Waals surface area (Å²) in [6, 6.07) is 104. The van der Waals surface area contributed by atoms with Gasteiger partial charge in [0.05, 0.1) is 102 Å². The van der Waals surface area contributed by atoms with E-state index in [1.807, 2.05) is 11.8 Å². The molecule has 12 aromatic carbocycles. The molecular formula is C83H49N7OS. The van der Waals surface area contributed by atoms with Gasteiger partial charge in [-0.1, -0.05) is 176 Å². The molecular weight excluding hydrogens is 1140 g/mol. The Labute approximate surface area is 531 Å². The molecule has 0 N–H and O–H groups in total. The van der Waals surface area contributed by atoms with E-state index in [4.69, 9.17) is 14.7 Å². The average Bonchev–Trinajstić information content (AvgIpc) is 1.50. The minimum absolute atomic E-state index is 0.749. The Morgan fingerprint density at radius 3 is 1.16 bits per heavy atom. The van der Waals surface area contributed by atoms with Crippen molar-refractivity contribution in [3.05, 3.63) is 320 Å². The maximum absolute atomic E-state index is 7.73. The van der Waals surface area contributed by atoms with Crippen LogP contribution in [0, 0.1) is 0 Å². The average molecular weight is 1190 g/mol. The molecule has 428 valence electrons. The highest BCUT2D eigenvalue weighted by molar-refractivity contribution is 7.99. The molecule has 0 bridgehead atoms. The molecule has 0 amide bonds. The third-order valence-corrected chi connectivity index (χ3v) is 21.0. The molecule has 0 fully saturated rings. The van der Waals surface area contributed by atoms with Crippen LogP contribution in [0.3, 0.4) is 0 Å². The Balaban J connectivity index is 0.867. The van der Waals surface area contributed by atoms with Crippen molar-refractivity contribution in [2.45, 2.75) is 15.2 Å². The van der Waals surface area contributed by atoms with Crippen molar-refractivity contribution in [1.29, 1.82) is 0 Å². The van der Waals surface area contributed by atoms with Gasteiger partial charge >= 0.3 is 0 Å². The standard InChI is InChI=1S/C83H49N7OS/c1-8-27-65-54(20-1)55-21-2-9-28-66(55)88(65)52-45-63-81(84-48-52)82-64(46-53(49-85-82)89-67-29-10-3-22-56(67)57-23-4-11-30-68(57)89)83(63)62-42-40-51(47-77(62)91-76-37-19-36-75(80(76)83)90-70-32-13-5-24-58(70)59-25-6-14-33-71(59)90)86-69-31-12-7-26-60(69)61-44-50(41-43-72(61)86)87-73-34-15-17-38-78(73)92-79-39-18-16-35-74(79)87/h1-49H. The predicted molar refractivity (Wildman–Crippen MR) is 376 cm³/mol. The fourth-order valence-corrected chi connectivity index (χ4v) is 17.3. The van der Waals surface area contributed by atoms with Gasteiger partial charge in [0, 0.05) is 92.6 Å². The lowest BCUT2D eigenvalue weighted by Gasteiger charge is -2.40. The lowest BCUT2D eigenvalue weighted by atomic mass is 9.65. The largest absolute Gasteiger partial charge is 0.457 e. The number of para-hydroxylation sites is 9. The topological polar surface area (TPSA) is 58.0 Å². The molecule has 8 heterocycles. The monoisotopic (exact) mass is 1190 g/mol. The van der Waals surface area contributed by atoms with E-state index in [1.165, 1.54) is 58.9 Å². The molecule has 6 aromatic heterocycles. The zero-order valence-electron chi connectivity index (χ0n) is 49.2. The Morgan fingerprint density at radius 1 is 0.283 bits per heavy atom. The van der Waals surface area contributed by atoms with Crippen LogP contribution < -0.4 is 9.64 Å². The van der Waals surface area contributed by atoms with Crippen LogP contribution in [0.5, 0.6) is 11.5 Å². The molecule has 21 rings (SSSR count). The summed E-state index contributed by atoms with van der Waals surface area (Å²) in [5, 5.41) is 9.42. The van der Waals surface area contributed by atoms with Gasteiger partial charge in [0.2, 0.25) is 0 Å². The lowest BCUT2D eigenvalue weighted by molar-refractivity contribution is 0.435. The van der Waals surface area contributed by atoms with Gasteiger partial charge in [0.25, 0.3) is 0 Å². The molecule has 1 spiro atoms. The highest BCUT2D eigenvalue weighted by Crippen LogP contribution is 2.64. The zero-order valence-corrected chi connectivity index (χ0v) is 50.1. The Hall–Kier alpha value is -11.9.